The second-order valence-electron chi connectivity index (χ2n) is 7.90. The van der Waals surface area contributed by atoms with Gasteiger partial charge in [0.25, 0.3) is 5.91 Å². The molecule has 0 aromatic heterocycles. The van der Waals surface area contributed by atoms with Crippen LogP contribution in [0.15, 0.2) is 18.2 Å². The van der Waals surface area contributed by atoms with Gasteiger partial charge in [0, 0.05) is 25.1 Å². The summed E-state index contributed by atoms with van der Waals surface area (Å²) in [6.07, 6.45) is 0.369. The van der Waals surface area contributed by atoms with Gasteiger partial charge in [0.2, 0.25) is 5.91 Å². The van der Waals surface area contributed by atoms with Crippen LogP contribution in [0.3, 0.4) is 0 Å². The van der Waals surface area contributed by atoms with E-state index in [9.17, 15) is 23.1 Å². The molecule has 2 saturated heterocycles. The molecule has 8 heteroatoms. The number of rotatable bonds is 3. The highest BCUT2D eigenvalue weighted by molar-refractivity contribution is 7.91. The molecule has 2 heterocycles. The molecule has 2 amide bonds. The fourth-order valence-electron chi connectivity index (χ4n) is 3.94. The van der Waals surface area contributed by atoms with Crippen molar-refractivity contribution in [3.8, 4) is 5.75 Å². The number of phenolic OH excluding ortho intramolecular Hbond substituents is 1. The molecule has 0 aliphatic carbocycles. The molecule has 0 spiro atoms. The lowest BCUT2D eigenvalue weighted by Gasteiger charge is -2.44. The van der Waals surface area contributed by atoms with Gasteiger partial charge in [-0.25, -0.2) is 8.42 Å². The Hall–Kier alpha value is -2.09. The molecule has 0 radical (unpaired) electrons. The SMILES string of the molecule is Cc1cc(C(=O)N2CCN(C(=O)CC(C)C)C3CS(=O)(=O)CC32)ccc1O. The molecule has 2 unspecified atom stereocenters. The fourth-order valence-corrected chi connectivity index (χ4v) is 5.92. The van der Waals surface area contributed by atoms with Crippen LogP contribution in [0.1, 0.15) is 36.2 Å². The number of carbonyl (C=O) groups is 2. The molecule has 0 saturated carbocycles. The minimum atomic E-state index is -3.32. The Labute approximate surface area is 159 Å². The summed E-state index contributed by atoms with van der Waals surface area (Å²) in [6.45, 7) is 6.25. The Morgan fingerprint density at radius 3 is 2.33 bits per heavy atom. The quantitative estimate of drug-likeness (QED) is 0.831. The van der Waals surface area contributed by atoms with Gasteiger partial charge in [-0.05, 0) is 36.6 Å². The Kier molecular flexibility index (Phi) is 5.20. The predicted molar refractivity (Wildman–Crippen MR) is 101 cm³/mol. The van der Waals surface area contributed by atoms with Gasteiger partial charge >= 0.3 is 0 Å². The predicted octanol–water partition coefficient (Wildman–Crippen LogP) is 1.20. The summed E-state index contributed by atoms with van der Waals surface area (Å²) < 4.78 is 24.6. The van der Waals surface area contributed by atoms with Crippen molar-refractivity contribution in [2.75, 3.05) is 24.6 Å². The summed E-state index contributed by atoms with van der Waals surface area (Å²) in [6, 6.07) is 3.60. The number of amides is 2. The van der Waals surface area contributed by atoms with Crippen molar-refractivity contribution in [3.05, 3.63) is 29.3 Å². The van der Waals surface area contributed by atoms with E-state index in [4.69, 9.17) is 0 Å². The largest absolute Gasteiger partial charge is 0.508 e. The van der Waals surface area contributed by atoms with Crippen molar-refractivity contribution in [1.82, 2.24) is 9.80 Å². The fraction of sp³-hybridized carbons (Fsp3) is 0.579. The number of hydrogen-bond acceptors (Lipinski definition) is 5. The summed E-state index contributed by atoms with van der Waals surface area (Å²) in [5.41, 5.74) is 0.998. The van der Waals surface area contributed by atoms with Crippen molar-refractivity contribution in [1.29, 1.82) is 0 Å². The third-order valence-corrected chi connectivity index (χ3v) is 6.98. The van der Waals surface area contributed by atoms with Crippen molar-refractivity contribution < 1.29 is 23.1 Å². The van der Waals surface area contributed by atoms with E-state index in [2.05, 4.69) is 0 Å². The van der Waals surface area contributed by atoms with Crippen LogP contribution in [-0.4, -0.2) is 71.8 Å². The van der Waals surface area contributed by atoms with Gasteiger partial charge in [-0.1, -0.05) is 13.8 Å². The van der Waals surface area contributed by atoms with Crippen LogP contribution in [0.2, 0.25) is 0 Å². The molecule has 2 aliphatic heterocycles. The van der Waals surface area contributed by atoms with Crippen LogP contribution in [-0.2, 0) is 14.6 Å². The van der Waals surface area contributed by atoms with Gasteiger partial charge in [0.1, 0.15) is 5.75 Å². The first-order valence-electron chi connectivity index (χ1n) is 9.19. The third-order valence-electron chi connectivity index (χ3n) is 5.28. The number of nitrogens with zero attached hydrogens (tertiary/aromatic N) is 2. The Morgan fingerprint density at radius 2 is 1.74 bits per heavy atom. The van der Waals surface area contributed by atoms with Gasteiger partial charge in [-0.2, -0.15) is 0 Å². The summed E-state index contributed by atoms with van der Waals surface area (Å²) in [4.78, 5) is 28.8. The standard InChI is InChI=1S/C19H26N2O5S/c1-12(2)8-18(23)20-6-7-21(16-11-27(25,26)10-15(16)20)19(24)14-4-5-17(22)13(3)9-14/h4-5,9,12,15-16,22H,6-8,10-11H2,1-3H3. The van der Waals surface area contributed by atoms with Crippen LogP contribution in [0.5, 0.6) is 5.75 Å². The maximum atomic E-state index is 13.0. The van der Waals surface area contributed by atoms with Crippen molar-refractivity contribution in [2.24, 2.45) is 5.92 Å². The average Bonchev–Trinajstić information content (AvgIpc) is 2.89. The highest BCUT2D eigenvalue weighted by Gasteiger charge is 2.49. The van der Waals surface area contributed by atoms with Gasteiger partial charge in [-0.15, -0.1) is 0 Å². The lowest BCUT2D eigenvalue weighted by molar-refractivity contribution is -0.137. The molecule has 3 rings (SSSR count). The number of benzene rings is 1. The van der Waals surface area contributed by atoms with E-state index in [0.29, 0.717) is 30.6 Å². The van der Waals surface area contributed by atoms with Gasteiger partial charge in [0.05, 0.1) is 23.6 Å². The smallest absolute Gasteiger partial charge is 0.254 e. The van der Waals surface area contributed by atoms with E-state index in [0.717, 1.165) is 0 Å². The van der Waals surface area contributed by atoms with Crippen molar-refractivity contribution >= 4 is 21.7 Å². The average molecular weight is 394 g/mol. The molecular weight excluding hydrogens is 368 g/mol. The molecule has 7 nitrogen and oxygen atoms in total. The molecule has 148 valence electrons. The minimum absolute atomic E-state index is 0.0512. The van der Waals surface area contributed by atoms with Gasteiger partial charge < -0.3 is 14.9 Å². The molecular formula is C19H26N2O5S. The van der Waals surface area contributed by atoms with E-state index in [1.54, 1.807) is 28.9 Å². The normalized spacial score (nSPS) is 24.1. The number of fused-ring (bicyclic) bond motifs is 1. The van der Waals surface area contributed by atoms with E-state index < -0.39 is 21.9 Å². The summed E-state index contributed by atoms with van der Waals surface area (Å²) in [5.74, 6) is -0.234. The minimum Gasteiger partial charge on any atom is -0.508 e. The first-order chi connectivity index (χ1) is 12.6. The maximum absolute atomic E-state index is 13.0. The van der Waals surface area contributed by atoms with Crippen molar-refractivity contribution in [3.63, 3.8) is 0 Å². The maximum Gasteiger partial charge on any atom is 0.254 e. The summed E-state index contributed by atoms with van der Waals surface area (Å²) in [7, 11) is -3.32. The Balaban J connectivity index is 1.87. The number of aryl methyl sites for hydroxylation is 1. The number of carbonyl (C=O) groups excluding carboxylic acids is 2. The highest BCUT2D eigenvalue weighted by Crippen LogP contribution is 2.29. The summed E-state index contributed by atoms with van der Waals surface area (Å²) in [5, 5.41) is 9.67. The molecule has 1 aromatic carbocycles. The molecule has 2 fully saturated rings. The van der Waals surface area contributed by atoms with Crippen LogP contribution >= 0.6 is 0 Å². The first kappa shape index (κ1) is 19.7. The van der Waals surface area contributed by atoms with E-state index in [1.807, 2.05) is 13.8 Å². The second kappa shape index (κ2) is 7.14. The zero-order chi connectivity index (χ0) is 19.9. The number of sulfone groups is 1. The number of piperazine rings is 1. The monoisotopic (exact) mass is 394 g/mol. The second-order valence-corrected chi connectivity index (χ2v) is 10.1. The topological polar surface area (TPSA) is 95.0 Å². The number of hydrogen-bond donors (Lipinski definition) is 1. The molecule has 1 N–H and O–H groups in total. The van der Waals surface area contributed by atoms with E-state index in [-0.39, 0.29) is 35.0 Å². The van der Waals surface area contributed by atoms with Crippen LogP contribution in [0.25, 0.3) is 0 Å². The molecule has 0 bridgehead atoms. The zero-order valence-corrected chi connectivity index (χ0v) is 16.7. The molecule has 1 aromatic rings. The van der Waals surface area contributed by atoms with Crippen molar-refractivity contribution in [2.45, 2.75) is 39.3 Å². The molecule has 2 aliphatic rings. The Bertz CT molecular complexity index is 865. The van der Waals surface area contributed by atoms with Gasteiger partial charge in [-0.3, -0.25) is 9.59 Å². The third kappa shape index (κ3) is 3.95. The molecule has 27 heavy (non-hydrogen) atoms. The number of phenols is 1. The highest BCUT2D eigenvalue weighted by atomic mass is 32.2. The van der Waals surface area contributed by atoms with E-state index >= 15 is 0 Å². The van der Waals surface area contributed by atoms with Crippen LogP contribution in [0, 0.1) is 12.8 Å². The zero-order valence-electron chi connectivity index (χ0n) is 15.9. The number of aromatic hydroxyl groups is 1. The first-order valence-corrected chi connectivity index (χ1v) is 11.0. The lowest BCUT2D eigenvalue weighted by Crippen LogP contribution is -2.62. The lowest BCUT2D eigenvalue weighted by atomic mass is 10.0. The Morgan fingerprint density at radius 1 is 1.15 bits per heavy atom. The van der Waals surface area contributed by atoms with E-state index in [1.165, 1.54) is 6.07 Å². The van der Waals surface area contributed by atoms with Crippen LogP contribution in [0.4, 0.5) is 0 Å². The summed E-state index contributed by atoms with van der Waals surface area (Å²) >= 11 is 0. The van der Waals surface area contributed by atoms with Gasteiger partial charge in [0.15, 0.2) is 9.84 Å². The van der Waals surface area contributed by atoms with Crippen LogP contribution < -0.4 is 0 Å². The molecule has 2 atom stereocenters.